The van der Waals surface area contributed by atoms with E-state index in [2.05, 4.69) is 0 Å². The van der Waals surface area contributed by atoms with Crippen LogP contribution in [-0.2, 0) is 19.0 Å². The highest BCUT2D eigenvalue weighted by atomic mass is 16.7. The molecule has 1 fully saturated rings. The lowest BCUT2D eigenvalue weighted by atomic mass is 10.0. The third-order valence-corrected chi connectivity index (χ3v) is 4.74. The molecule has 0 unspecified atom stereocenters. The lowest BCUT2D eigenvalue weighted by Crippen LogP contribution is -2.46. The van der Waals surface area contributed by atoms with Gasteiger partial charge in [-0.2, -0.15) is 0 Å². The zero-order valence-electron chi connectivity index (χ0n) is 16.8. The summed E-state index contributed by atoms with van der Waals surface area (Å²) in [5.41, 5.74) is 0.880. The fourth-order valence-electron chi connectivity index (χ4n) is 3.73. The molecule has 0 spiro atoms. The number of amides is 2. The molecule has 28 heavy (non-hydrogen) atoms. The van der Waals surface area contributed by atoms with Crippen molar-refractivity contribution in [2.45, 2.75) is 71.1 Å². The molecule has 0 aromatic heterocycles. The molecular formula is C21H27NO6. The molecule has 1 aromatic rings. The average molecular weight is 389 g/mol. The molecule has 1 saturated heterocycles. The van der Waals surface area contributed by atoms with Crippen molar-refractivity contribution < 1.29 is 28.6 Å². The zero-order valence-corrected chi connectivity index (χ0v) is 16.8. The molecule has 1 aromatic carbocycles. The van der Waals surface area contributed by atoms with Crippen LogP contribution in [0.25, 0.3) is 0 Å². The Morgan fingerprint density at radius 1 is 1.14 bits per heavy atom. The van der Waals surface area contributed by atoms with Gasteiger partial charge in [0.2, 0.25) is 0 Å². The Labute approximate surface area is 164 Å². The Kier molecular flexibility index (Phi) is 5.86. The van der Waals surface area contributed by atoms with E-state index in [1.54, 1.807) is 52.0 Å². The van der Waals surface area contributed by atoms with Crippen LogP contribution in [0.2, 0.25) is 0 Å². The Bertz CT molecular complexity index is 737. The van der Waals surface area contributed by atoms with Gasteiger partial charge in [0, 0.05) is 13.0 Å². The number of hydrogen-bond donors (Lipinski definition) is 0. The lowest BCUT2D eigenvalue weighted by molar-refractivity contribution is -0.300. The van der Waals surface area contributed by atoms with Crippen LogP contribution in [0.5, 0.6) is 0 Å². The second-order valence-electron chi connectivity index (χ2n) is 7.95. The summed E-state index contributed by atoms with van der Waals surface area (Å²) in [6.45, 7) is 7.45. The molecule has 2 aliphatic rings. The Balaban J connectivity index is 1.60. The largest absolute Gasteiger partial charge is 0.463 e. The highest BCUT2D eigenvalue weighted by Gasteiger charge is 2.39. The summed E-state index contributed by atoms with van der Waals surface area (Å²) in [6, 6.07) is 6.83. The number of hydrogen-bond acceptors (Lipinski definition) is 6. The van der Waals surface area contributed by atoms with E-state index in [0.717, 1.165) is 0 Å². The molecule has 0 saturated carbocycles. The van der Waals surface area contributed by atoms with Crippen LogP contribution in [0, 0.1) is 0 Å². The van der Waals surface area contributed by atoms with Crippen LogP contribution in [0.15, 0.2) is 24.3 Å². The topological polar surface area (TPSA) is 82.1 Å². The van der Waals surface area contributed by atoms with Gasteiger partial charge in [0.15, 0.2) is 5.79 Å². The summed E-state index contributed by atoms with van der Waals surface area (Å²) in [5, 5.41) is 0. The summed E-state index contributed by atoms with van der Waals surface area (Å²) < 4.78 is 17.0. The fraction of sp³-hybridized carbons (Fsp3) is 0.571. The number of imide groups is 1. The number of ether oxygens (including phenoxy) is 3. The van der Waals surface area contributed by atoms with E-state index >= 15 is 0 Å². The number of carbonyl (C=O) groups excluding carboxylic acids is 3. The van der Waals surface area contributed by atoms with Crippen molar-refractivity contribution in [3.8, 4) is 0 Å². The van der Waals surface area contributed by atoms with Crippen molar-refractivity contribution >= 4 is 17.8 Å². The SMILES string of the molecule is CC(C)OC(=O)C[C@H]1C[C@@H](CCN2C(=O)c3ccccc3C2=O)OC(C)(C)O1. The van der Waals surface area contributed by atoms with Gasteiger partial charge in [-0.15, -0.1) is 0 Å². The first kappa shape index (κ1) is 20.5. The third-order valence-electron chi connectivity index (χ3n) is 4.74. The first-order valence-corrected chi connectivity index (χ1v) is 9.66. The van der Waals surface area contributed by atoms with Crippen LogP contribution < -0.4 is 0 Å². The highest BCUT2D eigenvalue weighted by molar-refractivity contribution is 6.21. The Morgan fingerprint density at radius 2 is 1.71 bits per heavy atom. The maximum absolute atomic E-state index is 12.5. The molecule has 0 radical (unpaired) electrons. The van der Waals surface area contributed by atoms with Gasteiger partial charge in [-0.05, 0) is 46.2 Å². The third kappa shape index (κ3) is 4.59. The molecule has 7 nitrogen and oxygen atoms in total. The van der Waals surface area contributed by atoms with E-state index < -0.39 is 5.79 Å². The van der Waals surface area contributed by atoms with E-state index in [-0.39, 0.29) is 49.1 Å². The van der Waals surface area contributed by atoms with Crippen LogP contribution >= 0.6 is 0 Å². The minimum atomic E-state index is -0.853. The molecule has 7 heteroatoms. The van der Waals surface area contributed by atoms with Crippen molar-refractivity contribution in [3.05, 3.63) is 35.4 Å². The summed E-state index contributed by atoms with van der Waals surface area (Å²) in [5.74, 6) is -1.71. The molecule has 0 bridgehead atoms. The standard InChI is InChI=1S/C21H27NO6/c1-13(2)26-18(23)12-15-11-14(27-21(3,4)28-15)9-10-22-19(24)16-7-5-6-8-17(16)20(22)25/h5-8,13-15H,9-12H2,1-4H3/t14-,15-/m1/s1. The van der Waals surface area contributed by atoms with Gasteiger partial charge in [-0.1, -0.05) is 12.1 Å². The van der Waals surface area contributed by atoms with Gasteiger partial charge in [0.05, 0.1) is 35.9 Å². The van der Waals surface area contributed by atoms with Crippen molar-refractivity contribution in [1.82, 2.24) is 4.90 Å². The zero-order chi connectivity index (χ0) is 20.5. The molecular weight excluding hydrogens is 362 g/mol. The molecule has 2 aliphatic heterocycles. The monoisotopic (exact) mass is 389 g/mol. The van der Waals surface area contributed by atoms with E-state index in [9.17, 15) is 14.4 Å². The van der Waals surface area contributed by atoms with E-state index in [1.165, 1.54) is 4.90 Å². The van der Waals surface area contributed by atoms with Gasteiger partial charge in [-0.3, -0.25) is 19.3 Å². The number of rotatable bonds is 6. The number of fused-ring (bicyclic) bond motifs is 1. The van der Waals surface area contributed by atoms with E-state index in [1.807, 2.05) is 0 Å². The molecule has 2 atom stereocenters. The summed E-state index contributed by atoms with van der Waals surface area (Å²) in [6.07, 6.45) is 0.388. The van der Waals surface area contributed by atoms with Gasteiger partial charge >= 0.3 is 5.97 Å². The normalized spacial score (nSPS) is 23.8. The second kappa shape index (κ2) is 8.01. The van der Waals surface area contributed by atoms with Crippen LogP contribution in [-0.4, -0.2) is 53.3 Å². The first-order valence-electron chi connectivity index (χ1n) is 9.66. The van der Waals surface area contributed by atoms with E-state index in [0.29, 0.717) is 24.0 Å². The van der Waals surface area contributed by atoms with Gasteiger partial charge in [-0.25, -0.2) is 0 Å². The Morgan fingerprint density at radius 3 is 2.29 bits per heavy atom. The van der Waals surface area contributed by atoms with Crippen LogP contribution in [0.1, 0.15) is 67.7 Å². The lowest BCUT2D eigenvalue weighted by Gasteiger charge is -2.41. The minimum absolute atomic E-state index is 0.147. The minimum Gasteiger partial charge on any atom is -0.463 e. The molecule has 0 N–H and O–H groups in total. The quantitative estimate of drug-likeness (QED) is 0.550. The first-order chi connectivity index (χ1) is 13.2. The van der Waals surface area contributed by atoms with Crippen LogP contribution in [0.4, 0.5) is 0 Å². The summed E-state index contributed by atoms with van der Waals surface area (Å²) in [4.78, 5) is 38.2. The highest BCUT2D eigenvalue weighted by Crippen LogP contribution is 2.31. The summed E-state index contributed by atoms with van der Waals surface area (Å²) >= 11 is 0. The van der Waals surface area contributed by atoms with E-state index in [4.69, 9.17) is 14.2 Å². The number of nitrogens with zero attached hydrogens (tertiary/aromatic N) is 1. The van der Waals surface area contributed by atoms with Gasteiger partial charge in [0.25, 0.3) is 11.8 Å². The average Bonchev–Trinajstić information content (AvgIpc) is 2.82. The maximum Gasteiger partial charge on any atom is 0.308 e. The molecule has 2 heterocycles. The number of carbonyl (C=O) groups is 3. The van der Waals surface area contributed by atoms with Crippen molar-refractivity contribution in [2.75, 3.05) is 6.54 Å². The Hall–Kier alpha value is -2.25. The van der Waals surface area contributed by atoms with Gasteiger partial charge < -0.3 is 14.2 Å². The molecule has 3 rings (SSSR count). The number of esters is 1. The number of benzene rings is 1. The van der Waals surface area contributed by atoms with Gasteiger partial charge in [0.1, 0.15) is 0 Å². The molecule has 152 valence electrons. The maximum atomic E-state index is 12.5. The van der Waals surface area contributed by atoms with Crippen molar-refractivity contribution in [2.24, 2.45) is 0 Å². The molecule has 0 aliphatic carbocycles. The predicted molar refractivity (Wildman–Crippen MR) is 101 cm³/mol. The molecule has 2 amide bonds. The fourth-order valence-corrected chi connectivity index (χ4v) is 3.73. The summed E-state index contributed by atoms with van der Waals surface area (Å²) in [7, 11) is 0. The van der Waals surface area contributed by atoms with Crippen molar-refractivity contribution in [3.63, 3.8) is 0 Å². The predicted octanol–water partition coefficient (Wildman–Crippen LogP) is 2.92. The van der Waals surface area contributed by atoms with Crippen molar-refractivity contribution in [1.29, 1.82) is 0 Å². The van der Waals surface area contributed by atoms with Crippen LogP contribution in [0.3, 0.4) is 0 Å². The smallest absolute Gasteiger partial charge is 0.308 e. The second-order valence-corrected chi connectivity index (χ2v) is 7.95.